The molecule has 0 bridgehead atoms. The fraction of sp³-hybridized carbons (Fsp3) is 0.636. The van der Waals surface area contributed by atoms with Gasteiger partial charge in [-0.3, -0.25) is 14.5 Å². The SMILES string of the molecule is CC1CCCCN1CCN(CCC(=O)N1CCNCC1)C(=O)c1ccc(F)cc1. The third-order valence-electron chi connectivity index (χ3n) is 6.04. The van der Waals surface area contributed by atoms with Gasteiger partial charge in [0.05, 0.1) is 0 Å². The Morgan fingerprint density at radius 1 is 1.10 bits per heavy atom. The fourth-order valence-electron chi connectivity index (χ4n) is 4.13. The van der Waals surface area contributed by atoms with Crippen molar-refractivity contribution in [3.05, 3.63) is 35.6 Å². The second kappa shape index (κ2) is 10.7. The van der Waals surface area contributed by atoms with Crippen LogP contribution in [0.25, 0.3) is 0 Å². The third kappa shape index (κ3) is 6.24. The lowest BCUT2D eigenvalue weighted by atomic mass is 10.0. The summed E-state index contributed by atoms with van der Waals surface area (Å²) in [5.41, 5.74) is 0.465. The second-order valence-electron chi connectivity index (χ2n) is 8.06. The quantitative estimate of drug-likeness (QED) is 0.755. The number of halogens is 1. The Labute approximate surface area is 173 Å². The molecule has 160 valence electrons. The van der Waals surface area contributed by atoms with Crippen molar-refractivity contribution in [2.24, 2.45) is 0 Å². The van der Waals surface area contributed by atoms with Crippen molar-refractivity contribution in [3.63, 3.8) is 0 Å². The molecule has 2 saturated heterocycles. The zero-order valence-electron chi connectivity index (χ0n) is 17.4. The first kappa shape index (κ1) is 21.7. The summed E-state index contributed by atoms with van der Waals surface area (Å²) in [5, 5.41) is 3.24. The van der Waals surface area contributed by atoms with Crippen LogP contribution in [0.2, 0.25) is 0 Å². The molecule has 2 heterocycles. The van der Waals surface area contributed by atoms with Gasteiger partial charge in [-0.2, -0.15) is 0 Å². The summed E-state index contributed by atoms with van der Waals surface area (Å²) in [6.45, 7) is 8.13. The van der Waals surface area contributed by atoms with Crippen LogP contribution in [-0.2, 0) is 4.79 Å². The Hall–Kier alpha value is -1.99. The van der Waals surface area contributed by atoms with E-state index in [1.54, 1.807) is 4.90 Å². The number of piperazine rings is 1. The summed E-state index contributed by atoms with van der Waals surface area (Å²) < 4.78 is 13.3. The maximum atomic E-state index is 13.3. The molecule has 0 spiro atoms. The number of amides is 2. The maximum Gasteiger partial charge on any atom is 0.253 e. The number of nitrogens with zero attached hydrogens (tertiary/aromatic N) is 3. The highest BCUT2D eigenvalue weighted by Crippen LogP contribution is 2.16. The molecule has 0 saturated carbocycles. The number of carbonyl (C=O) groups excluding carboxylic acids is 2. The van der Waals surface area contributed by atoms with Crippen LogP contribution >= 0.6 is 0 Å². The van der Waals surface area contributed by atoms with Crippen LogP contribution in [0.4, 0.5) is 4.39 Å². The van der Waals surface area contributed by atoms with Crippen LogP contribution < -0.4 is 5.32 Å². The van der Waals surface area contributed by atoms with Gasteiger partial charge in [0, 0.05) is 63.8 Å². The van der Waals surface area contributed by atoms with Gasteiger partial charge in [-0.25, -0.2) is 4.39 Å². The topological polar surface area (TPSA) is 55.9 Å². The molecule has 1 aromatic rings. The molecule has 2 amide bonds. The van der Waals surface area contributed by atoms with Gasteiger partial charge in [0.25, 0.3) is 5.91 Å². The highest BCUT2D eigenvalue weighted by molar-refractivity contribution is 5.94. The molecule has 7 heteroatoms. The molecule has 1 aromatic carbocycles. The first-order valence-electron chi connectivity index (χ1n) is 10.8. The van der Waals surface area contributed by atoms with Crippen LogP contribution in [0.1, 0.15) is 43.0 Å². The molecule has 0 radical (unpaired) electrons. The number of hydrogen-bond donors (Lipinski definition) is 1. The molecule has 1 N–H and O–H groups in total. The van der Waals surface area contributed by atoms with E-state index < -0.39 is 0 Å². The molecule has 2 aliphatic heterocycles. The zero-order chi connectivity index (χ0) is 20.6. The average Bonchev–Trinajstić information content (AvgIpc) is 2.75. The summed E-state index contributed by atoms with van der Waals surface area (Å²) in [6, 6.07) is 6.18. The summed E-state index contributed by atoms with van der Waals surface area (Å²) in [4.78, 5) is 31.7. The first-order valence-corrected chi connectivity index (χ1v) is 10.8. The maximum absolute atomic E-state index is 13.3. The third-order valence-corrected chi connectivity index (χ3v) is 6.04. The monoisotopic (exact) mass is 404 g/mol. The van der Waals surface area contributed by atoms with Crippen molar-refractivity contribution < 1.29 is 14.0 Å². The molecule has 6 nitrogen and oxygen atoms in total. The Balaban J connectivity index is 1.62. The lowest BCUT2D eigenvalue weighted by Gasteiger charge is -2.35. The van der Waals surface area contributed by atoms with E-state index >= 15 is 0 Å². The Bertz CT molecular complexity index is 676. The molecule has 1 atom stereocenters. The minimum Gasteiger partial charge on any atom is -0.340 e. The van der Waals surface area contributed by atoms with Gasteiger partial charge in [0.2, 0.25) is 5.91 Å². The van der Waals surface area contributed by atoms with Crippen LogP contribution in [0.5, 0.6) is 0 Å². The molecule has 2 fully saturated rings. The minimum atomic E-state index is -0.357. The standard InChI is InChI=1S/C22H33FN4O2/c1-18-4-2-3-12-25(18)16-17-27(22(29)19-5-7-20(23)8-6-19)13-9-21(28)26-14-10-24-11-15-26/h5-8,18,24H,2-4,9-17H2,1H3. The largest absolute Gasteiger partial charge is 0.340 e. The van der Waals surface area contributed by atoms with Crippen molar-refractivity contribution in [2.45, 2.75) is 38.6 Å². The predicted octanol–water partition coefficient (Wildman–Crippen LogP) is 1.96. The van der Waals surface area contributed by atoms with E-state index in [1.165, 1.54) is 43.5 Å². The molecule has 0 aliphatic carbocycles. The smallest absolute Gasteiger partial charge is 0.253 e. The number of rotatable bonds is 7. The van der Waals surface area contributed by atoms with Gasteiger partial charge in [-0.15, -0.1) is 0 Å². The molecule has 2 aliphatic rings. The molecule has 29 heavy (non-hydrogen) atoms. The highest BCUT2D eigenvalue weighted by atomic mass is 19.1. The molecule has 1 unspecified atom stereocenters. The number of piperidine rings is 1. The Morgan fingerprint density at radius 2 is 1.83 bits per heavy atom. The van der Waals surface area contributed by atoms with Crippen LogP contribution in [0.15, 0.2) is 24.3 Å². The number of hydrogen-bond acceptors (Lipinski definition) is 4. The van der Waals surface area contributed by atoms with E-state index in [-0.39, 0.29) is 17.6 Å². The van der Waals surface area contributed by atoms with Gasteiger partial charge in [-0.1, -0.05) is 6.42 Å². The van der Waals surface area contributed by atoms with Gasteiger partial charge in [-0.05, 0) is 50.6 Å². The highest BCUT2D eigenvalue weighted by Gasteiger charge is 2.23. The van der Waals surface area contributed by atoms with Crippen LogP contribution in [0.3, 0.4) is 0 Å². The van der Waals surface area contributed by atoms with Crippen molar-refractivity contribution in [2.75, 3.05) is 52.4 Å². The molecule has 3 rings (SSSR count). The van der Waals surface area contributed by atoms with E-state index in [4.69, 9.17) is 0 Å². The summed E-state index contributed by atoms with van der Waals surface area (Å²) in [7, 11) is 0. The molecular formula is C22H33FN4O2. The van der Waals surface area contributed by atoms with Crippen LogP contribution in [0, 0.1) is 5.82 Å². The van der Waals surface area contributed by atoms with Gasteiger partial charge in [0.1, 0.15) is 5.82 Å². The zero-order valence-corrected chi connectivity index (χ0v) is 17.4. The predicted molar refractivity (Wildman–Crippen MR) is 111 cm³/mol. The molecular weight excluding hydrogens is 371 g/mol. The van der Waals surface area contributed by atoms with E-state index in [2.05, 4.69) is 17.1 Å². The first-order chi connectivity index (χ1) is 14.0. The Morgan fingerprint density at radius 3 is 2.52 bits per heavy atom. The van der Waals surface area contributed by atoms with E-state index in [0.717, 1.165) is 39.3 Å². The Kier molecular flexibility index (Phi) is 8.00. The number of likely N-dealkylation sites (tertiary alicyclic amines) is 1. The van der Waals surface area contributed by atoms with Gasteiger partial charge in [0.15, 0.2) is 0 Å². The minimum absolute atomic E-state index is 0.0924. The normalized spacial score (nSPS) is 20.5. The van der Waals surface area contributed by atoms with Gasteiger partial charge >= 0.3 is 0 Å². The molecule has 0 aromatic heterocycles. The lowest BCUT2D eigenvalue weighted by molar-refractivity contribution is -0.131. The van der Waals surface area contributed by atoms with E-state index in [0.29, 0.717) is 31.1 Å². The van der Waals surface area contributed by atoms with Crippen molar-refractivity contribution >= 4 is 11.8 Å². The summed E-state index contributed by atoms with van der Waals surface area (Å²) in [5.74, 6) is -0.401. The number of benzene rings is 1. The number of nitrogens with one attached hydrogen (secondary N) is 1. The van der Waals surface area contributed by atoms with Crippen molar-refractivity contribution in [3.8, 4) is 0 Å². The summed E-state index contributed by atoms with van der Waals surface area (Å²) >= 11 is 0. The summed E-state index contributed by atoms with van der Waals surface area (Å²) in [6.07, 6.45) is 3.96. The van der Waals surface area contributed by atoms with E-state index in [1.807, 2.05) is 4.90 Å². The van der Waals surface area contributed by atoms with Crippen molar-refractivity contribution in [1.82, 2.24) is 20.0 Å². The lowest BCUT2D eigenvalue weighted by Crippen LogP contribution is -2.48. The number of carbonyl (C=O) groups is 2. The van der Waals surface area contributed by atoms with Crippen LogP contribution in [-0.4, -0.2) is 84.9 Å². The van der Waals surface area contributed by atoms with Gasteiger partial charge < -0.3 is 15.1 Å². The fourth-order valence-corrected chi connectivity index (χ4v) is 4.13. The van der Waals surface area contributed by atoms with E-state index in [9.17, 15) is 14.0 Å². The van der Waals surface area contributed by atoms with Crippen molar-refractivity contribution in [1.29, 1.82) is 0 Å². The second-order valence-corrected chi connectivity index (χ2v) is 8.06. The average molecular weight is 405 g/mol.